The van der Waals surface area contributed by atoms with E-state index >= 15 is 0 Å². The van der Waals surface area contributed by atoms with E-state index in [1.165, 1.54) is 116 Å². The molecule has 82 heavy (non-hydrogen) atoms. The first-order chi connectivity index (χ1) is 40.5. The summed E-state index contributed by atoms with van der Waals surface area (Å²) in [4.78, 5) is 38.4. The number of ether oxygens (including phenoxy) is 3. The van der Waals surface area contributed by atoms with Gasteiger partial charge in [0.1, 0.15) is 13.2 Å². The van der Waals surface area contributed by atoms with Crippen molar-refractivity contribution in [3.8, 4) is 0 Å². The number of rotatable bonds is 61. The van der Waals surface area contributed by atoms with Gasteiger partial charge < -0.3 is 14.2 Å². The van der Waals surface area contributed by atoms with Gasteiger partial charge in [0.2, 0.25) is 0 Å². The second kappa shape index (κ2) is 69.0. The smallest absolute Gasteiger partial charge is 0.306 e. The number of carbonyl (C=O) groups excluding carboxylic acids is 3. The second-order valence-electron chi connectivity index (χ2n) is 22.3. The van der Waals surface area contributed by atoms with E-state index < -0.39 is 6.10 Å². The quantitative estimate of drug-likeness (QED) is 0.0261. The zero-order valence-corrected chi connectivity index (χ0v) is 53.5. The Morgan fingerprint density at radius 2 is 0.476 bits per heavy atom. The summed E-state index contributed by atoms with van der Waals surface area (Å²) in [6.45, 7) is 6.41. The van der Waals surface area contributed by atoms with Crippen LogP contribution in [0.15, 0.2) is 134 Å². The summed E-state index contributed by atoms with van der Waals surface area (Å²) in [6.07, 6.45) is 97.5. The van der Waals surface area contributed by atoms with Crippen LogP contribution in [0.3, 0.4) is 0 Å². The molecule has 6 nitrogen and oxygen atoms in total. The third-order valence-electron chi connectivity index (χ3n) is 14.4. The molecule has 0 aromatic carbocycles. The van der Waals surface area contributed by atoms with Gasteiger partial charge in [-0.15, -0.1) is 0 Å². The van der Waals surface area contributed by atoms with E-state index in [-0.39, 0.29) is 31.1 Å². The fourth-order valence-electron chi connectivity index (χ4n) is 9.32. The van der Waals surface area contributed by atoms with Gasteiger partial charge >= 0.3 is 17.9 Å². The molecule has 0 aromatic rings. The summed E-state index contributed by atoms with van der Waals surface area (Å²) in [7, 11) is 0. The lowest BCUT2D eigenvalue weighted by molar-refractivity contribution is -0.167. The lowest BCUT2D eigenvalue weighted by atomic mass is 10.0. The van der Waals surface area contributed by atoms with Gasteiger partial charge in [-0.2, -0.15) is 0 Å². The van der Waals surface area contributed by atoms with Crippen LogP contribution in [0.2, 0.25) is 0 Å². The monoisotopic (exact) mass is 1130 g/mol. The molecular formula is C76H126O6. The number of esters is 3. The molecule has 0 aliphatic heterocycles. The molecule has 0 heterocycles. The van der Waals surface area contributed by atoms with Crippen LogP contribution in [-0.2, 0) is 28.6 Å². The molecule has 6 heteroatoms. The van der Waals surface area contributed by atoms with Crippen molar-refractivity contribution in [1.29, 1.82) is 0 Å². The Morgan fingerprint density at radius 3 is 0.756 bits per heavy atom. The SMILES string of the molecule is CC/C=C\C/C=C\C/C=C\C/C=C\C/C=C\C/C=C\C/C=C\CCCCCCCCCCCCCC(=O)OCC(COC(=O)CCCCCCC/C=C\C/C=C\C/C=C\CC)OC(=O)CCCCCCC/C=C\CCCCCCCCC. The molecule has 0 saturated heterocycles. The maximum absolute atomic E-state index is 12.9. The molecule has 0 N–H and O–H groups in total. The molecule has 466 valence electrons. The van der Waals surface area contributed by atoms with Gasteiger partial charge in [0.05, 0.1) is 0 Å². The van der Waals surface area contributed by atoms with Crippen molar-refractivity contribution in [2.75, 3.05) is 13.2 Å². The maximum Gasteiger partial charge on any atom is 0.306 e. The highest BCUT2D eigenvalue weighted by Gasteiger charge is 2.19. The predicted molar refractivity (Wildman–Crippen MR) is 357 cm³/mol. The molecule has 1 unspecified atom stereocenters. The molecule has 0 fully saturated rings. The van der Waals surface area contributed by atoms with Gasteiger partial charge in [-0.3, -0.25) is 14.4 Å². The summed E-state index contributed by atoms with van der Waals surface area (Å²) in [5, 5.41) is 0. The molecule has 0 rings (SSSR count). The number of hydrogen-bond acceptors (Lipinski definition) is 6. The van der Waals surface area contributed by atoms with E-state index in [9.17, 15) is 14.4 Å². The summed E-state index contributed by atoms with van der Waals surface area (Å²) < 4.78 is 16.9. The fraction of sp³-hybridized carbons (Fsp3) is 0.671. The second-order valence-corrected chi connectivity index (χ2v) is 22.3. The van der Waals surface area contributed by atoms with E-state index in [2.05, 4.69) is 154 Å². The fourth-order valence-corrected chi connectivity index (χ4v) is 9.32. The van der Waals surface area contributed by atoms with Crippen LogP contribution in [-0.4, -0.2) is 37.2 Å². The first kappa shape index (κ1) is 77.5. The van der Waals surface area contributed by atoms with Crippen molar-refractivity contribution in [3.63, 3.8) is 0 Å². The molecule has 0 spiro atoms. The van der Waals surface area contributed by atoms with Gasteiger partial charge in [0.25, 0.3) is 0 Å². The number of carbonyl (C=O) groups is 3. The largest absolute Gasteiger partial charge is 0.462 e. The minimum atomic E-state index is -0.795. The van der Waals surface area contributed by atoms with E-state index in [0.717, 1.165) is 154 Å². The molecular weight excluding hydrogens is 1010 g/mol. The standard InChI is InChI=1S/C76H126O6/c1-4-7-10-13-16-19-22-25-28-30-31-32-33-34-35-36-37-38-39-40-41-42-43-44-45-46-49-51-54-57-60-63-66-69-75(78)81-72-73(71-80-74(77)68-65-62-59-56-53-50-47-27-24-21-18-15-12-9-6-3)82-76(79)70-67-64-61-58-55-52-48-29-26-23-20-17-14-11-8-5-2/h7,9-10,12,16,18-19,21,25,27-29,31-32,34-35,37-38,40-41,47-48,73H,4-6,8,11,13-15,17,20,22-24,26,30,33,36,39,42-46,49-72H2,1-3H3/b10-7-,12-9-,19-16-,21-18-,28-25-,32-31-,35-34-,38-37-,41-40-,47-27-,48-29-. The van der Waals surface area contributed by atoms with E-state index in [0.29, 0.717) is 19.3 Å². The van der Waals surface area contributed by atoms with Crippen molar-refractivity contribution < 1.29 is 28.6 Å². The van der Waals surface area contributed by atoms with Crippen molar-refractivity contribution in [1.82, 2.24) is 0 Å². The average Bonchev–Trinajstić information content (AvgIpc) is 3.47. The summed E-state index contributed by atoms with van der Waals surface area (Å²) in [5.74, 6) is -0.912. The molecule has 0 aliphatic rings. The van der Waals surface area contributed by atoms with E-state index in [1.54, 1.807) is 0 Å². The van der Waals surface area contributed by atoms with Gasteiger partial charge in [-0.25, -0.2) is 0 Å². The zero-order valence-electron chi connectivity index (χ0n) is 53.5. The highest BCUT2D eigenvalue weighted by atomic mass is 16.6. The van der Waals surface area contributed by atoms with Crippen LogP contribution in [0.25, 0.3) is 0 Å². The minimum Gasteiger partial charge on any atom is -0.462 e. The van der Waals surface area contributed by atoms with Crippen molar-refractivity contribution in [3.05, 3.63) is 134 Å². The number of unbranched alkanes of at least 4 members (excludes halogenated alkanes) is 28. The van der Waals surface area contributed by atoms with Crippen LogP contribution in [0.4, 0.5) is 0 Å². The topological polar surface area (TPSA) is 78.9 Å². The predicted octanol–water partition coefficient (Wildman–Crippen LogP) is 23.7. The van der Waals surface area contributed by atoms with E-state index in [4.69, 9.17) is 14.2 Å². The van der Waals surface area contributed by atoms with Crippen molar-refractivity contribution in [2.45, 2.75) is 316 Å². The van der Waals surface area contributed by atoms with Crippen LogP contribution >= 0.6 is 0 Å². The molecule has 1 atom stereocenters. The molecule has 0 saturated carbocycles. The third kappa shape index (κ3) is 66.4. The third-order valence-corrected chi connectivity index (χ3v) is 14.4. The zero-order chi connectivity index (χ0) is 59.2. The molecule has 0 bridgehead atoms. The van der Waals surface area contributed by atoms with E-state index in [1.807, 2.05) is 0 Å². The van der Waals surface area contributed by atoms with Gasteiger partial charge in [0.15, 0.2) is 6.10 Å². The lowest BCUT2D eigenvalue weighted by Gasteiger charge is -2.18. The number of allylic oxidation sites excluding steroid dienone is 22. The molecule has 0 aliphatic carbocycles. The summed E-state index contributed by atoms with van der Waals surface area (Å²) >= 11 is 0. The molecule has 0 amide bonds. The van der Waals surface area contributed by atoms with Crippen LogP contribution in [0.1, 0.15) is 310 Å². The Kier molecular flexibility index (Phi) is 65.3. The normalized spacial score (nSPS) is 13.0. The first-order valence-electron chi connectivity index (χ1n) is 34.2. The van der Waals surface area contributed by atoms with Gasteiger partial charge in [-0.05, 0) is 135 Å². The summed E-state index contributed by atoms with van der Waals surface area (Å²) in [5.41, 5.74) is 0. The van der Waals surface area contributed by atoms with Crippen LogP contribution < -0.4 is 0 Å². The highest BCUT2D eigenvalue weighted by molar-refractivity contribution is 5.71. The Hall–Kier alpha value is -4.45. The Morgan fingerprint density at radius 1 is 0.256 bits per heavy atom. The van der Waals surface area contributed by atoms with Gasteiger partial charge in [0, 0.05) is 19.3 Å². The Balaban J connectivity index is 4.28. The van der Waals surface area contributed by atoms with Crippen molar-refractivity contribution in [2.24, 2.45) is 0 Å². The highest BCUT2D eigenvalue weighted by Crippen LogP contribution is 2.16. The molecule has 0 aromatic heterocycles. The Labute approximate surface area is 506 Å². The van der Waals surface area contributed by atoms with Crippen LogP contribution in [0, 0.1) is 0 Å². The lowest BCUT2D eigenvalue weighted by Crippen LogP contribution is -2.30. The van der Waals surface area contributed by atoms with Crippen molar-refractivity contribution >= 4 is 17.9 Å². The van der Waals surface area contributed by atoms with Crippen LogP contribution in [0.5, 0.6) is 0 Å². The van der Waals surface area contributed by atoms with Gasteiger partial charge in [-0.1, -0.05) is 289 Å². The minimum absolute atomic E-state index is 0.0901. The maximum atomic E-state index is 12.9. The Bertz CT molecular complexity index is 1730. The average molecular weight is 1140 g/mol. The summed E-state index contributed by atoms with van der Waals surface area (Å²) in [6, 6.07) is 0. The number of hydrogen-bond donors (Lipinski definition) is 0. The first-order valence-corrected chi connectivity index (χ1v) is 34.2. The molecule has 0 radical (unpaired) electrons.